The number of hydrogen-bond acceptors (Lipinski definition) is 24. The van der Waals surface area contributed by atoms with Crippen LogP contribution in [0.25, 0.3) is 0 Å². The number of amides is 5. The fraction of sp³-hybridized carbons (Fsp3) is 0.473. The highest BCUT2D eigenvalue weighted by molar-refractivity contribution is 6.45. The first-order chi connectivity index (χ1) is 61.3. The molecule has 3 saturated carbocycles. The number of Topliss-reactive ketones (excluding diaryl/α,β-unsaturated/α-hetero) is 5. The lowest BCUT2D eigenvalue weighted by Crippen LogP contribution is -2.52. The van der Waals surface area contributed by atoms with Crippen LogP contribution in [0.4, 0.5) is 17.6 Å². The fourth-order valence-corrected chi connectivity index (χ4v) is 14.7. The van der Waals surface area contributed by atoms with Gasteiger partial charge in [-0.15, -0.1) is 0 Å². The molecule has 2 heterocycles. The van der Waals surface area contributed by atoms with Gasteiger partial charge in [-0.2, -0.15) is 13.2 Å². The second-order valence-electron chi connectivity index (χ2n) is 36.4. The number of aromatic nitrogens is 4. The van der Waals surface area contributed by atoms with Crippen molar-refractivity contribution in [2.75, 3.05) is 0 Å². The fourth-order valence-electron chi connectivity index (χ4n) is 14.5. The van der Waals surface area contributed by atoms with Gasteiger partial charge in [0.1, 0.15) is 17.2 Å². The number of nitrogens with one attached hydrogen (secondary N) is 5. The van der Waals surface area contributed by atoms with Gasteiger partial charge in [0.15, 0.2) is 28.9 Å². The molecule has 0 bridgehead atoms. The van der Waals surface area contributed by atoms with Crippen LogP contribution in [-0.4, -0.2) is 193 Å². The predicted molar refractivity (Wildman–Crippen MR) is 489 cm³/mol. The van der Waals surface area contributed by atoms with E-state index in [1.165, 1.54) is 69.2 Å². The number of ketones is 5. The average Bonchev–Trinajstić information content (AvgIpc) is 1.64. The summed E-state index contributed by atoms with van der Waals surface area (Å²) in [7, 11) is -8.38. The first-order valence-electron chi connectivity index (χ1n) is 43.4. The largest absolute Gasteiger partial charge is 0.475 e. The van der Waals surface area contributed by atoms with Crippen molar-refractivity contribution in [2.45, 2.75) is 232 Å². The molecule has 3 aliphatic rings. The lowest BCUT2D eigenvalue weighted by atomic mass is 9.66. The standard InChI is InChI=1S/C21H28BN3O4.C20H20BClFNO4.C18H25BF3NO4.C17H23BClNO4.C15H22BN3O4/c1-15(2)11-19(22(28)29)25-20(27)21(3,12-16-7-5-4-6-8-16)13-18(26)17-14-23-9-10-24-17;22-16-7-5-13(6-8-16)19(26)24-20(9-10-20)18(25)12-15(21(27)28)11-14-3-1-2-4-17(14)23;1-11(2)9-15(19(26)27)23-16(25)17(3,4)10-14(24)12-7-5-6-8-13(12)18(20,21)22;1-11(2)9-13(18(23)24)10-15(21)17(7-8-17)20-16(22)12-3-5-14(19)6-4-12;1-10(2)7-13(16(22)23)19-14(21)15(3-4-15)8-12(20)11-9-17-5-6-18-11/h4-10,14-15,19,28-29H,11-13H2,1-3H3,(H,25,27);1-8,15,27-28H,9-12H2,(H,24,26);5-8,11,15,26-27H,9-10H2,1-4H3,(H,23,25);3-6,11,13,23-24H,7-10H2,1-2H3,(H,20,22);5-6,9-10,13,22-23H,3-4,7-8H2,1-2H3,(H,19,21)/t19-,21-;2*15-;2*13-/m01010/s1. The number of benzene rings is 5. The van der Waals surface area contributed by atoms with Crippen LogP contribution in [0.3, 0.4) is 0 Å². The van der Waals surface area contributed by atoms with Gasteiger partial charge in [-0.3, -0.25) is 57.9 Å². The van der Waals surface area contributed by atoms with Crippen LogP contribution in [0, 0.1) is 45.7 Å². The van der Waals surface area contributed by atoms with E-state index in [2.05, 4.69) is 46.5 Å². The molecule has 0 aliphatic heterocycles. The van der Waals surface area contributed by atoms with Crippen LogP contribution in [0.15, 0.2) is 165 Å². The quantitative estimate of drug-likeness (QED) is 0.00960. The van der Waals surface area contributed by atoms with Crippen LogP contribution < -0.4 is 26.6 Å². The molecule has 5 amide bonds. The number of hydrogen-bond donors (Lipinski definition) is 15. The molecular weight excluding hydrogens is 1740 g/mol. The van der Waals surface area contributed by atoms with E-state index in [0.29, 0.717) is 97.4 Å². The van der Waals surface area contributed by atoms with Gasteiger partial charge in [-0.25, -0.2) is 14.4 Å². The number of carbonyl (C=O) groups is 10. The zero-order chi connectivity index (χ0) is 97.7. The molecule has 0 unspecified atom stereocenters. The zero-order valence-electron chi connectivity index (χ0n) is 75.3. The van der Waals surface area contributed by atoms with Gasteiger partial charge >= 0.3 is 41.8 Å². The Labute approximate surface area is 772 Å². The van der Waals surface area contributed by atoms with Crippen LogP contribution in [0.2, 0.25) is 21.7 Å². The molecule has 6 atom stereocenters. The van der Waals surface area contributed by atoms with Gasteiger partial charge in [0.25, 0.3) is 11.8 Å². The number of carbonyl (C=O) groups excluding carboxylic acids is 10. The third-order valence-corrected chi connectivity index (χ3v) is 23.0. The molecule has 15 N–H and O–H groups in total. The Hall–Kier alpha value is -9.82. The molecule has 0 spiro atoms. The van der Waals surface area contributed by atoms with Crippen molar-refractivity contribution in [2.24, 2.45) is 39.9 Å². The van der Waals surface area contributed by atoms with Gasteiger partial charge < -0.3 is 76.8 Å². The lowest BCUT2D eigenvalue weighted by Gasteiger charge is -2.31. The maximum atomic E-state index is 13.9. The van der Waals surface area contributed by atoms with E-state index in [-0.39, 0.29) is 102 Å². The second kappa shape index (κ2) is 50.3. The van der Waals surface area contributed by atoms with Crippen molar-refractivity contribution >= 4 is 117 Å². The van der Waals surface area contributed by atoms with E-state index >= 15 is 0 Å². The highest BCUT2D eigenvalue weighted by Gasteiger charge is 2.55. The van der Waals surface area contributed by atoms with Crippen LogP contribution >= 0.6 is 23.2 Å². The minimum atomic E-state index is -4.68. The Morgan fingerprint density at radius 2 is 0.870 bits per heavy atom. The van der Waals surface area contributed by atoms with Crippen molar-refractivity contribution in [3.8, 4) is 0 Å². The number of alkyl halides is 3. The summed E-state index contributed by atoms with van der Waals surface area (Å²) in [5.74, 6) is -7.44. The molecule has 3 fully saturated rings. The number of rotatable bonds is 42. The molecule has 704 valence electrons. The summed E-state index contributed by atoms with van der Waals surface area (Å²) in [5, 5.41) is 110. The van der Waals surface area contributed by atoms with Gasteiger partial charge in [0.05, 0.1) is 63.1 Å². The molecule has 7 aromatic rings. The molecule has 29 nitrogen and oxygen atoms in total. The summed E-state index contributed by atoms with van der Waals surface area (Å²) in [6, 6.07) is 32.6. The Balaban J connectivity index is 0.000000253. The number of nitrogens with zero attached hydrogens (tertiary/aromatic N) is 4. The van der Waals surface area contributed by atoms with Crippen molar-refractivity contribution in [1.82, 2.24) is 46.5 Å². The molecule has 0 radical (unpaired) electrons. The molecule has 5 aromatic carbocycles. The molecule has 131 heavy (non-hydrogen) atoms. The predicted octanol–water partition coefficient (Wildman–Crippen LogP) is 10.3. The van der Waals surface area contributed by atoms with E-state index in [0.717, 1.165) is 17.7 Å². The minimum absolute atomic E-state index is 0.0112. The van der Waals surface area contributed by atoms with E-state index < -0.39 is 145 Å². The molecule has 3 aliphatic carbocycles. The molecular formula is C91H118B5Cl2F4N9O20. The molecule has 0 saturated heterocycles. The van der Waals surface area contributed by atoms with Crippen molar-refractivity contribution < 1.29 is 116 Å². The second-order valence-corrected chi connectivity index (χ2v) is 37.3. The maximum Gasteiger partial charge on any atom is 0.475 e. The normalized spacial score (nSPS) is 15.2. The van der Waals surface area contributed by atoms with Crippen LogP contribution in [0.5, 0.6) is 0 Å². The van der Waals surface area contributed by atoms with E-state index in [1.807, 2.05) is 85.7 Å². The lowest BCUT2D eigenvalue weighted by molar-refractivity contribution is -0.138. The summed E-state index contributed by atoms with van der Waals surface area (Å²) in [5.41, 5.74) is -4.11. The maximum absolute atomic E-state index is 13.9. The summed E-state index contributed by atoms with van der Waals surface area (Å²) < 4.78 is 53.2. The van der Waals surface area contributed by atoms with Crippen molar-refractivity contribution in [3.63, 3.8) is 0 Å². The summed E-state index contributed by atoms with van der Waals surface area (Å²) in [4.78, 5) is 141. The van der Waals surface area contributed by atoms with Gasteiger partial charge in [0, 0.05) is 95.3 Å². The number of halogens is 6. The van der Waals surface area contributed by atoms with Crippen LogP contribution in [0.1, 0.15) is 241 Å². The topological polar surface area (TPSA) is 485 Å². The molecule has 2 aromatic heterocycles. The van der Waals surface area contributed by atoms with E-state index in [4.69, 9.17) is 23.2 Å². The average molecular weight is 1860 g/mol. The Kier molecular flexibility index (Phi) is 42.2. The van der Waals surface area contributed by atoms with Gasteiger partial charge in [-0.1, -0.05) is 159 Å². The first-order valence-corrected chi connectivity index (χ1v) is 44.1. The zero-order valence-corrected chi connectivity index (χ0v) is 76.8. The molecule has 40 heteroatoms. The highest BCUT2D eigenvalue weighted by atomic mass is 35.5. The smallest absolute Gasteiger partial charge is 0.427 e. The highest BCUT2D eigenvalue weighted by Crippen LogP contribution is 2.50. The van der Waals surface area contributed by atoms with E-state index in [1.54, 1.807) is 73.7 Å². The third-order valence-electron chi connectivity index (χ3n) is 22.5. The summed E-state index contributed by atoms with van der Waals surface area (Å²) in [6.07, 6.45) is 8.72. The Morgan fingerprint density at radius 1 is 0.458 bits per heavy atom. The van der Waals surface area contributed by atoms with Crippen LogP contribution in [-0.2, 0) is 43.0 Å². The van der Waals surface area contributed by atoms with Gasteiger partial charge in [-0.05, 0) is 179 Å². The Morgan fingerprint density at radius 3 is 1.27 bits per heavy atom. The van der Waals surface area contributed by atoms with E-state index in [9.17, 15) is 116 Å². The van der Waals surface area contributed by atoms with Gasteiger partial charge in [0.2, 0.25) is 17.7 Å². The van der Waals surface area contributed by atoms with Crippen molar-refractivity contribution in [3.05, 3.63) is 225 Å². The minimum Gasteiger partial charge on any atom is -0.427 e. The summed E-state index contributed by atoms with van der Waals surface area (Å²) in [6.45, 7) is 19.9. The monoisotopic (exact) mass is 1860 g/mol. The third kappa shape index (κ3) is 35.6. The van der Waals surface area contributed by atoms with Crippen molar-refractivity contribution in [1.29, 1.82) is 0 Å². The first kappa shape index (κ1) is 110. The summed E-state index contributed by atoms with van der Waals surface area (Å²) >= 11 is 11.6. The SMILES string of the molecule is CC(C)C[C@H](CC(=O)C1(NC(=O)c2ccc(Cl)cc2)CC1)B(O)O.CC(C)C[C@H](NC(=O)C(C)(C)CC(=O)c1ccccc1C(F)(F)F)B(O)O.CC(C)C[C@H](NC(=O)C1(CC(=O)c2cnccn2)CC1)B(O)O.CC(C)C[C@H](NC(=O)[C@](C)(CC(=O)c1cnccn1)Cc1ccccc1)B(O)O.O=C(NC1(C(=O)C[C@@H](Cc2ccccc2F)B(O)O)CC1)c1ccc(Cl)cc1. The molecule has 10 rings (SSSR count). The Bertz CT molecular complexity index is 4920.